The highest BCUT2D eigenvalue weighted by Crippen LogP contribution is 2.28. The molecule has 0 N–H and O–H groups in total. The standard InChI is InChI=1S/C20H23N5/c1-15-12-22-17(13-21-15)14-25-10-8-18-19(9-11-25)23-24(2)20(18)16-6-4-3-5-7-16/h3-7,12-13H,8-11,14H2,1-2H3. The van der Waals surface area contributed by atoms with Gasteiger partial charge >= 0.3 is 0 Å². The highest BCUT2D eigenvalue weighted by Gasteiger charge is 2.22. The average molecular weight is 333 g/mol. The summed E-state index contributed by atoms with van der Waals surface area (Å²) < 4.78 is 2.04. The summed E-state index contributed by atoms with van der Waals surface area (Å²) in [6.45, 7) is 4.85. The molecule has 0 bridgehead atoms. The Balaban J connectivity index is 1.54. The molecule has 0 amide bonds. The minimum Gasteiger partial charge on any atom is -0.297 e. The molecule has 0 radical (unpaired) electrons. The molecule has 0 atom stereocenters. The molecular formula is C20H23N5. The van der Waals surface area contributed by atoms with Gasteiger partial charge < -0.3 is 0 Å². The second-order valence-electron chi connectivity index (χ2n) is 6.69. The molecule has 25 heavy (non-hydrogen) atoms. The van der Waals surface area contributed by atoms with Crippen molar-refractivity contribution in [1.29, 1.82) is 0 Å². The maximum absolute atomic E-state index is 4.80. The fraction of sp³-hybridized carbons (Fsp3) is 0.350. The fourth-order valence-electron chi connectivity index (χ4n) is 3.58. The summed E-state index contributed by atoms with van der Waals surface area (Å²) in [5.41, 5.74) is 7.13. The summed E-state index contributed by atoms with van der Waals surface area (Å²) >= 11 is 0. The molecule has 5 nitrogen and oxygen atoms in total. The average Bonchev–Trinajstić information content (AvgIpc) is 2.83. The molecule has 2 aromatic heterocycles. The Morgan fingerprint density at radius 2 is 1.80 bits per heavy atom. The van der Waals surface area contributed by atoms with Crippen LogP contribution in [0.2, 0.25) is 0 Å². The van der Waals surface area contributed by atoms with E-state index in [0.29, 0.717) is 0 Å². The zero-order valence-corrected chi connectivity index (χ0v) is 14.8. The highest BCUT2D eigenvalue weighted by atomic mass is 15.3. The molecule has 1 aromatic carbocycles. The number of aromatic nitrogens is 4. The molecule has 0 spiro atoms. The van der Waals surface area contributed by atoms with Gasteiger partial charge in [-0.1, -0.05) is 30.3 Å². The van der Waals surface area contributed by atoms with Gasteiger partial charge in [-0.3, -0.25) is 19.5 Å². The second kappa shape index (κ2) is 6.76. The Hall–Kier alpha value is -2.53. The van der Waals surface area contributed by atoms with E-state index in [2.05, 4.69) is 52.2 Å². The number of hydrogen-bond donors (Lipinski definition) is 0. The summed E-state index contributed by atoms with van der Waals surface area (Å²) in [4.78, 5) is 11.3. The van der Waals surface area contributed by atoms with E-state index >= 15 is 0 Å². The predicted molar refractivity (Wildman–Crippen MR) is 98.1 cm³/mol. The second-order valence-corrected chi connectivity index (χ2v) is 6.69. The van der Waals surface area contributed by atoms with Gasteiger partial charge in [0.1, 0.15) is 0 Å². The van der Waals surface area contributed by atoms with Crippen LogP contribution in [0, 0.1) is 6.92 Å². The third kappa shape index (κ3) is 3.33. The first kappa shape index (κ1) is 16.0. The smallest absolute Gasteiger partial charge is 0.0727 e. The lowest BCUT2D eigenvalue weighted by Crippen LogP contribution is -2.26. The van der Waals surface area contributed by atoms with Gasteiger partial charge in [-0.25, -0.2) is 0 Å². The third-order valence-corrected chi connectivity index (χ3v) is 4.84. The maximum atomic E-state index is 4.80. The topological polar surface area (TPSA) is 46.8 Å². The predicted octanol–water partition coefficient (Wildman–Crippen LogP) is 2.79. The first-order valence-electron chi connectivity index (χ1n) is 8.81. The molecule has 5 heteroatoms. The van der Waals surface area contributed by atoms with Gasteiger partial charge in [0, 0.05) is 56.6 Å². The van der Waals surface area contributed by atoms with Crippen LogP contribution in [0.1, 0.15) is 22.6 Å². The van der Waals surface area contributed by atoms with Crippen molar-refractivity contribution >= 4 is 0 Å². The molecule has 0 aliphatic carbocycles. The van der Waals surface area contributed by atoms with Gasteiger partial charge in [0.25, 0.3) is 0 Å². The molecule has 1 aliphatic rings. The first-order chi connectivity index (χ1) is 12.2. The molecule has 4 rings (SSSR count). The molecule has 0 unspecified atom stereocenters. The van der Waals surface area contributed by atoms with Crippen molar-refractivity contribution in [2.24, 2.45) is 7.05 Å². The van der Waals surface area contributed by atoms with Crippen LogP contribution < -0.4 is 0 Å². The van der Waals surface area contributed by atoms with Gasteiger partial charge in [0.15, 0.2) is 0 Å². The van der Waals surface area contributed by atoms with Crippen molar-refractivity contribution < 1.29 is 0 Å². The Morgan fingerprint density at radius 1 is 1.00 bits per heavy atom. The van der Waals surface area contributed by atoms with E-state index in [1.807, 2.05) is 24.0 Å². The summed E-state index contributed by atoms with van der Waals surface area (Å²) in [5, 5.41) is 4.80. The molecule has 3 aromatic rings. The van der Waals surface area contributed by atoms with E-state index in [4.69, 9.17) is 5.10 Å². The summed E-state index contributed by atoms with van der Waals surface area (Å²) in [7, 11) is 2.05. The minimum absolute atomic E-state index is 0.852. The number of nitrogens with zero attached hydrogens (tertiary/aromatic N) is 5. The van der Waals surface area contributed by atoms with Gasteiger partial charge in [0.2, 0.25) is 0 Å². The van der Waals surface area contributed by atoms with E-state index in [1.54, 1.807) is 0 Å². The SMILES string of the molecule is Cc1cnc(CN2CCc3nn(C)c(-c4ccccc4)c3CC2)cn1. The van der Waals surface area contributed by atoms with Crippen molar-refractivity contribution in [2.75, 3.05) is 13.1 Å². The zero-order valence-electron chi connectivity index (χ0n) is 14.8. The quantitative estimate of drug-likeness (QED) is 0.739. The summed E-state index contributed by atoms with van der Waals surface area (Å²) in [6.07, 6.45) is 5.74. The van der Waals surface area contributed by atoms with E-state index < -0.39 is 0 Å². The summed E-state index contributed by atoms with van der Waals surface area (Å²) in [5.74, 6) is 0. The monoisotopic (exact) mass is 333 g/mol. The lowest BCUT2D eigenvalue weighted by atomic mass is 10.0. The van der Waals surface area contributed by atoms with Gasteiger partial charge in [0.05, 0.1) is 22.8 Å². The largest absolute Gasteiger partial charge is 0.297 e. The molecule has 0 fully saturated rings. The van der Waals surface area contributed by atoms with Gasteiger partial charge in [-0.05, 0) is 13.3 Å². The van der Waals surface area contributed by atoms with Gasteiger partial charge in [-0.2, -0.15) is 5.10 Å². The first-order valence-corrected chi connectivity index (χ1v) is 8.81. The van der Waals surface area contributed by atoms with Crippen LogP contribution in [0.15, 0.2) is 42.7 Å². The number of benzene rings is 1. The van der Waals surface area contributed by atoms with Crippen LogP contribution in [-0.2, 0) is 26.4 Å². The molecule has 3 heterocycles. The highest BCUT2D eigenvalue weighted by molar-refractivity contribution is 5.64. The van der Waals surface area contributed by atoms with Crippen LogP contribution >= 0.6 is 0 Å². The Morgan fingerprint density at radius 3 is 2.56 bits per heavy atom. The third-order valence-electron chi connectivity index (χ3n) is 4.84. The van der Waals surface area contributed by atoms with Crippen LogP contribution in [0.5, 0.6) is 0 Å². The zero-order chi connectivity index (χ0) is 17.2. The Bertz CT molecular complexity index is 852. The van der Waals surface area contributed by atoms with Crippen molar-refractivity contribution in [3.05, 3.63) is 65.4 Å². The number of fused-ring (bicyclic) bond motifs is 1. The Labute approximate surface area is 148 Å². The molecular weight excluding hydrogens is 310 g/mol. The lowest BCUT2D eigenvalue weighted by Gasteiger charge is -2.19. The number of aryl methyl sites for hydroxylation is 2. The van der Waals surface area contributed by atoms with E-state index in [-0.39, 0.29) is 0 Å². The van der Waals surface area contributed by atoms with Crippen LogP contribution in [0.25, 0.3) is 11.3 Å². The maximum Gasteiger partial charge on any atom is 0.0727 e. The number of rotatable bonds is 3. The van der Waals surface area contributed by atoms with E-state index in [1.165, 1.54) is 22.5 Å². The lowest BCUT2D eigenvalue weighted by molar-refractivity contribution is 0.274. The minimum atomic E-state index is 0.852. The van der Waals surface area contributed by atoms with Gasteiger partial charge in [-0.15, -0.1) is 0 Å². The van der Waals surface area contributed by atoms with Crippen LogP contribution in [0.4, 0.5) is 0 Å². The van der Waals surface area contributed by atoms with Crippen LogP contribution in [0.3, 0.4) is 0 Å². The van der Waals surface area contributed by atoms with Crippen molar-refractivity contribution in [2.45, 2.75) is 26.3 Å². The number of hydrogen-bond acceptors (Lipinski definition) is 4. The fourth-order valence-corrected chi connectivity index (χ4v) is 3.58. The molecule has 1 aliphatic heterocycles. The van der Waals surface area contributed by atoms with Crippen molar-refractivity contribution in [3.8, 4) is 11.3 Å². The molecule has 128 valence electrons. The van der Waals surface area contributed by atoms with E-state index in [0.717, 1.165) is 43.9 Å². The van der Waals surface area contributed by atoms with Crippen molar-refractivity contribution in [1.82, 2.24) is 24.6 Å². The van der Waals surface area contributed by atoms with Crippen molar-refractivity contribution in [3.63, 3.8) is 0 Å². The summed E-state index contributed by atoms with van der Waals surface area (Å²) in [6, 6.07) is 10.6. The van der Waals surface area contributed by atoms with E-state index in [9.17, 15) is 0 Å². The normalized spacial score (nSPS) is 15.0. The Kier molecular flexibility index (Phi) is 4.32. The molecule has 0 saturated heterocycles. The van der Waals surface area contributed by atoms with Crippen LogP contribution in [-0.4, -0.2) is 37.7 Å². The molecule has 0 saturated carbocycles.